The van der Waals surface area contributed by atoms with Gasteiger partial charge in [-0.2, -0.15) is 0 Å². The Morgan fingerprint density at radius 2 is 1.67 bits per heavy atom. The molecule has 1 saturated heterocycles. The SMILES string of the molecule is CSc1ccc(CC=O)cc1Br.Cc1c(-c2cc(CC=O)ccc2S(C)(=O)=O)nc2cc(F)cc(F)c2c1Nc1cncc(N2CCOCC2)c1. The number of anilines is 3. The topological polar surface area (TPSA) is 119 Å². The van der Waals surface area contributed by atoms with E-state index in [1.54, 1.807) is 43.2 Å². The molecule has 0 unspecified atom stereocenters. The summed E-state index contributed by atoms with van der Waals surface area (Å²) in [4.78, 5) is 33.6. The minimum Gasteiger partial charge on any atom is -0.378 e. The Balaban J connectivity index is 0.000000357. The zero-order valence-electron chi connectivity index (χ0n) is 28.1. The van der Waals surface area contributed by atoms with Gasteiger partial charge in [-0.1, -0.05) is 12.1 Å². The average molecular weight is 798 g/mol. The number of nitrogens with zero attached hydrogens (tertiary/aromatic N) is 3. The van der Waals surface area contributed by atoms with Crippen LogP contribution in [-0.4, -0.2) is 69.8 Å². The molecular formula is C37H35BrF2N4O5S2. The summed E-state index contributed by atoms with van der Waals surface area (Å²) in [5, 5.41) is 3.29. The minimum absolute atomic E-state index is 0.00753. The van der Waals surface area contributed by atoms with E-state index in [1.165, 1.54) is 11.0 Å². The summed E-state index contributed by atoms with van der Waals surface area (Å²) < 4.78 is 61.4. The summed E-state index contributed by atoms with van der Waals surface area (Å²) in [6.07, 6.45) is 8.61. The first-order chi connectivity index (χ1) is 24.4. The summed E-state index contributed by atoms with van der Waals surface area (Å²) in [5.74, 6) is -1.63. The van der Waals surface area contributed by atoms with Gasteiger partial charge >= 0.3 is 0 Å². The molecule has 2 aromatic heterocycles. The van der Waals surface area contributed by atoms with Crippen molar-refractivity contribution in [2.75, 3.05) is 49.0 Å². The Hall–Kier alpha value is -4.24. The highest BCUT2D eigenvalue weighted by atomic mass is 79.9. The monoisotopic (exact) mass is 796 g/mol. The van der Waals surface area contributed by atoms with Crippen molar-refractivity contribution in [1.29, 1.82) is 0 Å². The molecule has 0 atom stereocenters. The molecule has 6 rings (SSSR count). The van der Waals surface area contributed by atoms with Crippen molar-refractivity contribution in [2.24, 2.45) is 0 Å². The molecule has 14 heteroatoms. The number of morpholine rings is 1. The summed E-state index contributed by atoms with van der Waals surface area (Å²) >= 11 is 5.13. The second-order valence-corrected chi connectivity index (χ2v) is 15.4. The number of rotatable bonds is 10. The number of nitrogens with one attached hydrogen (secondary N) is 1. The van der Waals surface area contributed by atoms with Gasteiger partial charge in [-0.25, -0.2) is 22.2 Å². The Morgan fingerprint density at radius 3 is 2.31 bits per heavy atom. The van der Waals surface area contributed by atoms with Crippen LogP contribution in [0.4, 0.5) is 25.8 Å². The Kier molecular flexibility index (Phi) is 12.6. The number of hydrogen-bond donors (Lipinski definition) is 1. The molecule has 0 spiro atoms. The fourth-order valence-corrected chi connectivity index (χ4v) is 7.94. The normalized spacial score (nSPS) is 13.0. The Labute approximate surface area is 307 Å². The molecule has 0 radical (unpaired) electrons. The Morgan fingerprint density at radius 1 is 0.980 bits per heavy atom. The first-order valence-electron chi connectivity index (χ1n) is 15.8. The van der Waals surface area contributed by atoms with Gasteiger partial charge in [0.1, 0.15) is 24.2 Å². The molecule has 0 amide bonds. The van der Waals surface area contributed by atoms with Crippen LogP contribution in [0.3, 0.4) is 0 Å². The van der Waals surface area contributed by atoms with E-state index in [9.17, 15) is 22.4 Å². The highest BCUT2D eigenvalue weighted by Gasteiger charge is 2.23. The van der Waals surface area contributed by atoms with Gasteiger partial charge < -0.3 is 24.5 Å². The third-order valence-electron chi connectivity index (χ3n) is 8.17. The smallest absolute Gasteiger partial charge is 0.176 e. The lowest BCUT2D eigenvalue weighted by Gasteiger charge is -2.28. The molecule has 0 bridgehead atoms. The van der Waals surface area contributed by atoms with Gasteiger partial charge in [0.2, 0.25) is 0 Å². The van der Waals surface area contributed by atoms with Crippen LogP contribution in [0, 0.1) is 18.6 Å². The summed E-state index contributed by atoms with van der Waals surface area (Å²) in [6.45, 7) is 4.28. The number of aromatic nitrogens is 2. The molecule has 9 nitrogen and oxygen atoms in total. The van der Waals surface area contributed by atoms with Crippen molar-refractivity contribution in [3.05, 3.63) is 99.8 Å². The summed E-state index contributed by atoms with van der Waals surface area (Å²) in [6, 6.07) is 14.3. The van der Waals surface area contributed by atoms with Crippen LogP contribution < -0.4 is 10.2 Å². The van der Waals surface area contributed by atoms with Crippen LogP contribution >= 0.6 is 27.7 Å². The average Bonchev–Trinajstić information content (AvgIpc) is 3.10. The third kappa shape index (κ3) is 9.17. The zero-order valence-corrected chi connectivity index (χ0v) is 31.3. The van der Waals surface area contributed by atoms with E-state index in [-0.39, 0.29) is 33.5 Å². The van der Waals surface area contributed by atoms with Crippen molar-refractivity contribution in [2.45, 2.75) is 29.6 Å². The van der Waals surface area contributed by atoms with E-state index in [4.69, 9.17) is 4.74 Å². The van der Waals surface area contributed by atoms with Crippen molar-refractivity contribution >= 4 is 78.1 Å². The number of aldehydes is 2. The number of halogens is 3. The number of fused-ring (bicyclic) bond motifs is 1. The quantitative estimate of drug-likeness (QED) is 0.112. The number of carbonyl (C=O) groups is 2. The van der Waals surface area contributed by atoms with E-state index >= 15 is 4.39 Å². The van der Waals surface area contributed by atoms with Gasteiger partial charge in [0.05, 0.1) is 64.2 Å². The standard InChI is InChI=1S/C28H26F2N4O4S.C9H9BrOS/c1-17-27(22-11-18(5-8-35)3-4-25(22)39(2,36)37)33-24-13-19(29)12-23(30)26(24)28(17)32-20-14-21(16-31-15-20)34-6-9-38-10-7-34;1-12-9-3-2-7(4-5-11)6-8(9)10/h3-4,8,11-16H,5-7,9-10H2,1-2H3,(H,32,33);2-3,5-6H,4H2,1H3. The molecule has 5 aromatic rings. The molecule has 1 N–H and O–H groups in total. The van der Waals surface area contributed by atoms with Crippen molar-refractivity contribution in [3.63, 3.8) is 0 Å². The number of carbonyl (C=O) groups excluding carboxylic acids is 2. The largest absolute Gasteiger partial charge is 0.378 e. The van der Waals surface area contributed by atoms with Gasteiger partial charge in [0.15, 0.2) is 9.84 Å². The summed E-state index contributed by atoms with van der Waals surface area (Å²) in [5.41, 5.74) is 4.25. The number of sulfone groups is 1. The van der Waals surface area contributed by atoms with Crippen LogP contribution in [0.1, 0.15) is 16.7 Å². The Bertz CT molecular complexity index is 2200. The first kappa shape index (κ1) is 38.0. The third-order valence-corrected chi connectivity index (χ3v) is 11.0. The second kappa shape index (κ2) is 16.9. The van der Waals surface area contributed by atoms with E-state index < -0.39 is 21.5 Å². The fraction of sp³-hybridized carbons (Fsp3) is 0.243. The minimum atomic E-state index is -3.71. The first-order valence-corrected chi connectivity index (χ1v) is 19.7. The molecule has 3 aromatic carbocycles. The highest BCUT2D eigenvalue weighted by molar-refractivity contribution is 9.10. The van der Waals surface area contributed by atoms with Crippen LogP contribution in [-0.2, 0) is 37.0 Å². The van der Waals surface area contributed by atoms with Gasteiger partial charge in [-0.15, -0.1) is 11.8 Å². The maximum atomic E-state index is 15.2. The molecule has 3 heterocycles. The van der Waals surface area contributed by atoms with Gasteiger partial charge in [0, 0.05) is 59.3 Å². The number of hydrogen-bond acceptors (Lipinski definition) is 10. The molecule has 0 aliphatic carbocycles. The van der Waals surface area contributed by atoms with Crippen LogP contribution in [0.25, 0.3) is 22.2 Å². The molecule has 1 aliphatic rings. The number of thioether (sulfide) groups is 1. The molecule has 1 aliphatic heterocycles. The predicted molar refractivity (Wildman–Crippen MR) is 201 cm³/mol. The molecule has 51 heavy (non-hydrogen) atoms. The van der Waals surface area contributed by atoms with Crippen molar-refractivity contribution in [3.8, 4) is 11.3 Å². The zero-order chi connectivity index (χ0) is 36.7. The fourth-order valence-electron chi connectivity index (χ4n) is 5.70. The van der Waals surface area contributed by atoms with Gasteiger partial charge in [-0.3, -0.25) is 4.98 Å². The maximum Gasteiger partial charge on any atom is 0.176 e. The highest BCUT2D eigenvalue weighted by Crippen LogP contribution is 2.39. The van der Waals surface area contributed by atoms with E-state index in [0.29, 0.717) is 61.5 Å². The lowest BCUT2D eigenvalue weighted by Crippen LogP contribution is -2.36. The number of benzene rings is 3. The summed E-state index contributed by atoms with van der Waals surface area (Å²) in [7, 11) is -3.71. The van der Waals surface area contributed by atoms with E-state index in [2.05, 4.69) is 36.1 Å². The van der Waals surface area contributed by atoms with Crippen LogP contribution in [0.15, 0.2) is 81.3 Å². The predicted octanol–water partition coefficient (Wildman–Crippen LogP) is 7.52. The van der Waals surface area contributed by atoms with Crippen molar-refractivity contribution in [1.82, 2.24) is 9.97 Å². The lowest BCUT2D eigenvalue weighted by atomic mass is 9.99. The number of pyridine rings is 2. The maximum absolute atomic E-state index is 15.2. The second-order valence-electron chi connectivity index (χ2n) is 11.7. The molecule has 0 saturated carbocycles. The van der Waals surface area contributed by atoms with Gasteiger partial charge in [-0.05, 0) is 76.1 Å². The van der Waals surface area contributed by atoms with Crippen molar-refractivity contribution < 1.29 is 31.5 Å². The molecule has 266 valence electrons. The van der Waals surface area contributed by atoms with Crippen LogP contribution in [0.5, 0.6) is 0 Å². The lowest BCUT2D eigenvalue weighted by molar-refractivity contribution is -0.108. The molecule has 1 fully saturated rings. The molecular weight excluding hydrogens is 762 g/mol. The van der Waals surface area contributed by atoms with Crippen LogP contribution in [0.2, 0.25) is 0 Å². The number of ether oxygens (including phenoxy) is 1. The van der Waals surface area contributed by atoms with E-state index in [0.717, 1.165) is 40.4 Å². The van der Waals surface area contributed by atoms with E-state index in [1.807, 2.05) is 30.5 Å². The van der Waals surface area contributed by atoms with Gasteiger partial charge in [0.25, 0.3) is 0 Å².